The van der Waals surface area contributed by atoms with Crippen molar-refractivity contribution in [3.63, 3.8) is 0 Å². The molecule has 17 heavy (non-hydrogen) atoms. The van der Waals surface area contributed by atoms with E-state index in [1.54, 1.807) is 0 Å². The Morgan fingerprint density at radius 2 is 1.65 bits per heavy atom. The van der Waals surface area contributed by atoms with Crippen LogP contribution in [0.4, 0.5) is 0 Å². The Morgan fingerprint density at radius 3 is 2.29 bits per heavy atom. The van der Waals surface area contributed by atoms with Crippen molar-refractivity contribution in [2.45, 2.75) is 38.2 Å². The smallest absolute Gasteiger partial charge is 0.338 e. The lowest BCUT2D eigenvalue weighted by Crippen LogP contribution is -2.26. The summed E-state index contributed by atoms with van der Waals surface area (Å²) in [6, 6.07) is 9.31. The van der Waals surface area contributed by atoms with E-state index in [4.69, 9.17) is 4.74 Å². The number of benzene rings is 1. The highest BCUT2D eigenvalue weighted by atomic mass is 16.5. The molecule has 2 aliphatic carbocycles. The minimum absolute atomic E-state index is 0.156. The molecule has 2 heteroatoms. The first-order valence-electron chi connectivity index (χ1n) is 6.57. The molecule has 0 spiro atoms. The van der Waals surface area contributed by atoms with Crippen molar-refractivity contribution in [3.05, 3.63) is 35.9 Å². The first kappa shape index (κ1) is 10.8. The molecular formula is C15H18O2. The van der Waals surface area contributed by atoms with Crippen molar-refractivity contribution in [1.29, 1.82) is 0 Å². The molecule has 3 atom stereocenters. The highest BCUT2D eigenvalue weighted by Gasteiger charge is 2.35. The lowest BCUT2D eigenvalue weighted by Gasteiger charge is -2.27. The second-order valence-electron chi connectivity index (χ2n) is 5.41. The van der Waals surface area contributed by atoms with Gasteiger partial charge in [-0.2, -0.15) is 0 Å². The molecule has 0 radical (unpaired) electrons. The molecule has 0 saturated heterocycles. The summed E-state index contributed by atoms with van der Waals surface area (Å²) in [5.41, 5.74) is 0.672. The summed E-state index contributed by atoms with van der Waals surface area (Å²) in [7, 11) is 0. The fourth-order valence-electron chi connectivity index (χ4n) is 3.34. The Kier molecular flexibility index (Phi) is 2.87. The van der Waals surface area contributed by atoms with Crippen LogP contribution < -0.4 is 0 Å². The molecule has 0 aromatic heterocycles. The van der Waals surface area contributed by atoms with Gasteiger partial charge >= 0.3 is 5.97 Å². The van der Waals surface area contributed by atoms with E-state index in [9.17, 15) is 4.79 Å². The van der Waals surface area contributed by atoms with Gasteiger partial charge in [-0.05, 0) is 43.2 Å². The SMILES string of the molecule is O=C(OC1CC2CC[C@@H](C2)C1)c1ccccc1. The molecule has 2 saturated carbocycles. The molecule has 0 N–H and O–H groups in total. The summed E-state index contributed by atoms with van der Waals surface area (Å²) < 4.78 is 5.62. The van der Waals surface area contributed by atoms with Crippen LogP contribution in [0.1, 0.15) is 42.5 Å². The molecule has 90 valence electrons. The average Bonchev–Trinajstić information content (AvgIpc) is 2.70. The third kappa shape index (κ3) is 2.36. The Morgan fingerprint density at radius 1 is 1.00 bits per heavy atom. The predicted octanol–water partition coefficient (Wildman–Crippen LogP) is 3.42. The predicted molar refractivity (Wildman–Crippen MR) is 65.7 cm³/mol. The maximum absolute atomic E-state index is 11.9. The summed E-state index contributed by atoms with van der Waals surface area (Å²) in [6.45, 7) is 0. The van der Waals surface area contributed by atoms with Crippen molar-refractivity contribution in [3.8, 4) is 0 Å². The van der Waals surface area contributed by atoms with E-state index in [0.717, 1.165) is 24.7 Å². The van der Waals surface area contributed by atoms with Crippen LogP contribution in [-0.4, -0.2) is 12.1 Å². The van der Waals surface area contributed by atoms with Gasteiger partial charge in [0.25, 0.3) is 0 Å². The van der Waals surface area contributed by atoms with E-state index >= 15 is 0 Å². The van der Waals surface area contributed by atoms with Crippen molar-refractivity contribution >= 4 is 5.97 Å². The standard InChI is InChI=1S/C15H18O2/c16-15(13-4-2-1-3-5-13)17-14-9-11-6-7-12(8-11)10-14/h1-5,11-12,14H,6-10H2/t11-,12?,14?/m0/s1. The van der Waals surface area contributed by atoms with E-state index in [1.165, 1.54) is 19.3 Å². The van der Waals surface area contributed by atoms with E-state index in [1.807, 2.05) is 30.3 Å². The largest absolute Gasteiger partial charge is 0.459 e. The number of rotatable bonds is 2. The van der Waals surface area contributed by atoms with Crippen LogP contribution in [0, 0.1) is 11.8 Å². The van der Waals surface area contributed by atoms with Crippen LogP contribution in [0.15, 0.2) is 30.3 Å². The van der Waals surface area contributed by atoms with Crippen molar-refractivity contribution in [2.75, 3.05) is 0 Å². The second kappa shape index (κ2) is 4.52. The highest BCUT2D eigenvalue weighted by molar-refractivity contribution is 5.89. The monoisotopic (exact) mass is 230 g/mol. The molecule has 2 bridgehead atoms. The van der Waals surface area contributed by atoms with Gasteiger partial charge in [-0.15, -0.1) is 0 Å². The summed E-state index contributed by atoms with van der Waals surface area (Å²) in [5, 5.41) is 0. The topological polar surface area (TPSA) is 26.3 Å². The zero-order chi connectivity index (χ0) is 11.7. The number of hydrogen-bond acceptors (Lipinski definition) is 2. The first-order chi connectivity index (χ1) is 8.31. The lowest BCUT2D eigenvalue weighted by molar-refractivity contribution is 0.0127. The van der Waals surface area contributed by atoms with Crippen LogP contribution in [0.3, 0.4) is 0 Å². The number of carbonyl (C=O) groups excluding carboxylic acids is 1. The number of fused-ring (bicyclic) bond motifs is 2. The van der Waals surface area contributed by atoms with Gasteiger partial charge in [-0.25, -0.2) is 4.79 Å². The highest BCUT2D eigenvalue weighted by Crippen LogP contribution is 2.43. The van der Waals surface area contributed by atoms with Gasteiger partial charge < -0.3 is 4.74 Å². The van der Waals surface area contributed by atoms with E-state index in [2.05, 4.69) is 0 Å². The van der Waals surface area contributed by atoms with Crippen LogP contribution in [0.25, 0.3) is 0 Å². The molecule has 2 unspecified atom stereocenters. The Balaban J connectivity index is 1.62. The first-order valence-corrected chi connectivity index (χ1v) is 6.57. The number of carbonyl (C=O) groups is 1. The van der Waals surface area contributed by atoms with Crippen LogP contribution in [0.5, 0.6) is 0 Å². The van der Waals surface area contributed by atoms with Crippen LogP contribution in [0.2, 0.25) is 0 Å². The zero-order valence-electron chi connectivity index (χ0n) is 9.97. The average molecular weight is 230 g/mol. The molecule has 2 aliphatic rings. The van der Waals surface area contributed by atoms with Gasteiger partial charge in [0.2, 0.25) is 0 Å². The van der Waals surface area contributed by atoms with E-state index in [-0.39, 0.29) is 12.1 Å². The van der Waals surface area contributed by atoms with Gasteiger partial charge in [-0.3, -0.25) is 0 Å². The van der Waals surface area contributed by atoms with Gasteiger partial charge in [-0.1, -0.05) is 31.0 Å². The van der Waals surface area contributed by atoms with Gasteiger partial charge in [0.15, 0.2) is 0 Å². The third-order valence-electron chi connectivity index (χ3n) is 4.13. The molecule has 1 aromatic carbocycles. The maximum Gasteiger partial charge on any atom is 0.338 e. The minimum atomic E-state index is -0.156. The van der Waals surface area contributed by atoms with Crippen LogP contribution in [-0.2, 0) is 4.74 Å². The van der Waals surface area contributed by atoms with Gasteiger partial charge in [0.05, 0.1) is 5.56 Å². The summed E-state index contributed by atoms with van der Waals surface area (Å²) >= 11 is 0. The molecule has 2 fully saturated rings. The fraction of sp³-hybridized carbons (Fsp3) is 0.533. The molecular weight excluding hydrogens is 212 g/mol. The molecule has 1 aromatic rings. The molecule has 2 nitrogen and oxygen atoms in total. The quantitative estimate of drug-likeness (QED) is 0.728. The van der Waals surface area contributed by atoms with Crippen molar-refractivity contribution in [1.82, 2.24) is 0 Å². The Hall–Kier alpha value is -1.31. The van der Waals surface area contributed by atoms with Crippen molar-refractivity contribution < 1.29 is 9.53 Å². The number of ether oxygens (including phenoxy) is 1. The van der Waals surface area contributed by atoms with Gasteiger partial charge in [0, 0.05) is 0 Å². The maximum atomic E-state index is 11.9. The Labute approximate surface area is 102 Å². The molecule has 0 amide bonds. The van der Waals surface area contributed by atoms with Gasteiger partial charge in [0.1, 0.15) is 6.10 Å². The van der Waals surface area contributed by atoms with Crippen LogP contribution >= 0.6 is 0 Å². The lowest BCUT2D eigenvalue weighted by atomic mass is 9.87. The zero-order valence-corrected chi connectivity index (χ0v) is 9.97. The summed E-state index contributed by atoms with van der Waals surface area (Å²) in [6.07, 6.45) is 6.35. The fourth-order valence-corrected chi connectivity index (χ4v) is 3.34. The number of hydrogen-bond donors (Lipinski definition) is 0. The normalized spacial score (nSPS) is 31.2. The molecule has 0 heterocycles. The molecule has 0 aliphatic heterocycles. The summed E-state index contributed by atoms with van der Waals surface area (Å²) in [4.78, 5) is 11.9. The molecule has 3 rings (SSSR count). The minimum Gasteiger partial charge on any atom is -0.459 e. The third-order valence-corrected chi connectivity index (χ3v) is 4.13. The Bertz CT molecular complexity index is 387. The van der Waals surface area contributed by atoms with E-state index in [0.29, 0.717) is 5.56 Å². The second-order valence-corrected chi connectivity index (χ2v) is 5.41. The number of esters is 1. The van der Waals surface area contributed by atoms with Crippen molar-refractivity contribution in [2.24, 2.45) is 11.8 Å². The summed E-state index contributed by atoms with van der Waals surface area (Å²) in [5.74, 6) is 1.46. The van der Waals surface area contributed by atoms with E-state index < -0.39 is 0 Å².